The van der Waals surface area contributed by atoms with E-state index >= 15 is 0 Å². The van der Waals surface area contributed by atoms with Gasteiger partial charge in [0.1, 0.15) is 6.04 Å². The van der Waals surface area contributed by atoms with E-state index in [1.807, 2.05) is 0 Å². The highest BCUT2D eigenvalue weighted by molar-refractivity contribution is 5.91. The molecule has 2 N–H and O–H groups in total. The van der Waals surface area contributed by atoms with Gasteiger partial charge >= 0.3 is 11.9 Å². The van der Waals surface area contributed by atoms with Crippen molar-refractivity contribution < 1.29 is 29.0 Å². The van der Waals surface area contributed by atoms with Gasteiger partial charge in [0.25, 0.3) is 0 Å². The smallest absolute Gasteiger partial charge is 0.326 e. The van der Waals surface area contributed by atoms with Gasteiger partial charge in [0.15, 0.2) is 0 Å². The number of likely N-dealkylation sites (tertiary alicyclic amines) is 1. The van der Waals surface area contributed by atoms with Crippen molar-refractivity contribution >= 4 is 23.8 Å². The van der Waals surface area contributed by atoms with Gasteiger partial charge in [-0.3, -0.25) is 14.4 Å². The van der Waals surface area contributed by atoms with Crippen LogP contribution >= 0.6 is 0 Å². The lowest BCUT2D eigenvalue weighted by Gasteiger charge is -2.16. The van der Waals surface area contributed by atoms with Gasteiger partial charge in [0.2, 0.25) is 11.8 Å². The van der Waals surface area contributed by atoms with Gasteiger partial charge < -0.3 is 20.1 Å². The topological polar surface area (TPSA) is 113 Å². The maximum atomic E-state index is 11.9. The summed E-state index contributed by atoms with van der Waals surface area (Å²) < 4.78 is 4.42. The minimum atomic E-state index is -1.22. The molecule has 0 spiro atoms. The fourth-order valence-corrected chi connectivity index (χ4v) is 1.95. The first-order valence-electron chi connectivity index (χ1n) is 6.19. The van der Waals surface area contributed by atoms with Gasteiger partial charge in [-0.25, -0.2) is 4.79 Å². The third kappa shape index (κ3) is 4.22. The number of aliphatic carboxylic acids is 1. The summed E-state index contributed by atoms with van der Waals surface area (Å²) in [5.74, 6) is -2.94. The fourth-order valence-electron chi connectivity index (χ4n) is 1.95. The summed E-state index contributed by atoms with van der Waals surface area (Å²) in [5, 5.41) is 11.4. The number of hydrogen-bond donors (Lipinski definition) is 2. The van der Waals surface area contributed by atoms with E-state index in [2.05, 4.69) is 10.1 Å². The zero-order valence-electron chi connectivity index (χ0n) is 11.4. The van der Waals surface area contributed by atoms with E-state index in [9.17, 15) is 19.2 Å². The van der Waals surface area contributed by atoms with E-state index < -0.39 is 29.8 Å². The number of carbonyl (C=O) groups is 4. The van der Waals surface area contributed by atoms with E-state index in [0.29, 0.717) is 0 Å². The normalized spacial score (nSPS) is 19.6. The zero-order chi connectivity index (χ0) is 15.3. The van der Waals surface area contributed by atoms with E-state index in [0.717, 1.165) is 0 Å². The Kier molecular flexibility index (Phi) is 5.48. The molecule has 1 fully saturated rings. The predicted molar refractivity (Wildman–Crippen MR) is 66.6 cm³/mol. The molecule has 0 aromatic rings. The average molecular weight is 286 g/mol. The second-order valence-corrected chi connectivity index (χ2v) is 4.69. The quantitative estimate of drug-likeness (QED) is 0.605. The first-order valence-corrected chi connectivity index (χ1v) is 6.19. The molecule has 1 rings (SSSR count). The van der Waals surface area contributed by atoms with Crippen LogP contribution in [0.15, 0.2) is 0 Å². The molecule has 1 saturated heterocycles. The largest absolute Gasteiger partial charge is 0.480 e. The standard InChI is InChI=1S/C12H18N2O6/c1-14-6-7(5-9(14)15)11(17)13-8(12(18)19)3-4-10(16)20-2/h7-8H,3-6H2,1-2H3,(H,13,17)(H,18,19)/t7?,8-/m0/s1. The molecule has 0 aromatic heterocycles. The molecule has 0 aliphatic carbocycles. The van der Waals surface area contributed by atoms with Crippen LogP contribution in [0.3, 0.4) is 0 Å². The Morgan fingerprint density at radius 3 is 2.60 bits per heavy atom. The number of carboxylic acid groups (broad SMARTS) is 1. The first-order chi connectivity index (χ1) is 9.35. The zero-order valence-corrected chi connectivity index (χ0v) is 11.4. The third-order valence-electron chi connectivity index (χ3n) is 3.19. The molecule has 20 heavy (non-hydrogen) atoms. The van der Waals surface area contributed by atoms with Crippen LogP contribution in [0.4, 0.5) is 0 Å². The van der Waals surface area contributed by atoms with E-state index in [4.69, 9.17) is 5.11 Å². The maximum absolute atomic E-state index is 11.9. The number of esters is 1. The molecule has 0 radical (unpaired) electrons. The lowest BCUT2D eigenvalue weighted by atomic mass is 10.1. The lowest BCUT2D eigenvalue weighted by molar-refractivity contribution is -0.144. The van der Waals surface area contributed by atoms with Gasteiger partial charge in [-0.2, -0.15) is 0 Å². The number of carbonyl (C=O) groups excluding carboxylic acids is 3. The number of hydrogen-bond acceptors (Lipinski definition) is 5. The van der Waals surface area contributed by atoms with Crippen molar-refractivity contribution in [2.24, 2.45) is 5.92 Å². The molecule has 1 aliphatic heterocycles. The van der Waals surface area contributed by atoms with Crippen molar-refractivity contribution in [3.63, 3.8) is 0 Å². The summed E-state index contributed by atoms with van der Waals surface area (Å²) >= 11 is 0. The number of rotatable bonds is 6. The minimum absolute atomic E-state index is 0.0513. The Morgan fingerprint density at radius 1 is 1.50 bits per heavy atom. The van der Waals surface area contributed by atoms with Gasteiger partial charge in [0.05, 0.1) is 13.0 Å². The maximum Gasteiger partial charge on any atom is 0.326 e. The van der Waals surface area contributed by atoms with Crippen molar-refractivity contribution in [3.8, 4) is 0 Å². The highest BCUT2D eigenvalue weighted by Crippen LogP contribution is 2.16. The predicted octanol–water partition coefficient (Wildman–Crippen LogP) is -1.01. The molecule has 0 saturated carbocycles. The number of methoxy groups -OCH3 is 1. The second-order valence-electron chi connectivity index (χ2n) is 4.69. The van der Waals surface area contributed by atoms with Crippen LogP contribution in [0.25, 0.3) is 0 Å². The second kappa shape index (κ2) is 6.88. The third-order valence-corrected chi connectivity index (χ3v) is 3.19. The van der Waals surface area contributed by atoms with Crippen molar-refractivity contribution in [2.45, 2.75) is 25.3 Å². The molecule has 1 unspecified atom stereocenters. The van der Waals surface area contributed by atoms with Crippen molar-refractivity contribution in [1.82, 2.24) is 10.2 Å². The van der Waals surface area contributed by atoms with Gasteiger partial charge in [-0.05, 0) is 6.42 Å². The van der Waals surface area contributed by atoms with E-state index in [1.54, 1.807) is 7.05 Å². The minimum Gasteiger partial charge on any atom is -0.480 e. The van der Waals surface area contributed by atoms with E-state index in [-0.39, 0.29) is 31.7 Å². The average Bonchev–Trinajstić information content (AvgIpc) is 2.73. The summed E-state index contributed by atoms with van der Waals surface area (Å²) in [6, 6.07) is -1.16. The van der Waals surface area contributed by atoms with Crippen LogP contribution in [0.1, 0.15) is 19.3 Å². The molecule has 1 aliphatic rings. The van der Waals surface area contributed by atoms with Crippen LogP contribution in [0, 0.1) is 5.92 Å². The summed E-state index contributed by atoms with van der Waals surface area (Å²) in [7, 11) is 2.79. The molecule has 0 aromatic carbocycles. The fraction of sp³-hybridized carbons (Fsp3) is 0.667. The van der Waals surface area contributed by atoms with E-state index in [1.165, 1.54) is 12.0 Å². The van der Waals surface area contributed by atoms with Crippen LogP contribution in [-0.2, 0) is 23.9 Å². The Balaban J connectivity index is 2.53. The van der Waals surface area contributed by atoms with Crippen molar-refractivity contribution in [3.05, 3.63) is 0 Å². The SMILES string of the molecule is COC(=O)CC[C@H](NC(=O)C1CC(=O)N(C)C1)C(=O)O. The van der Waals surface area contributed by atoms with Gasteiger partial charge in [-0.1, -0.05) is 0 Å². The summed E-state index contributed by atoms with van der Waals surface area (Å²) in [4.78, 5) is 46.7. The van der Waals surface area contributed by atoms with Gasteiger partial charge in [-0.15, -0.1) is 0 Å². The Hall–Kier alpha value is -2.12. The molecule has 1 heterocycles. The van der Waals surface area contributed by atoms with Crippen LogP contribution in [-0.4, -0.2) is 60.5 Å². The highest BCUT2D eigenvalue weighted by Gasteiger charge is 2.34. The highest BCUT2D eigenvalue weighted by atomic mass is 16.5. The molecular weight excluding hydrogens is 268 g/mol. The Bertz CT molecular complexity index is 422. The van der Waals surface area contributed by atoms with Crippen LogP contribution < -0.4 is 5.32 Å². The number of ether oxygens (including phenoxy) is 1. The molecule has 0 bridgehead atoms. The molecular formula is C12H18N2O6. The summed E-state index contributed by atoms with van der Waals surface area (Å²) in [6.45, 7) is 0.272. The summed E-state index contributed by atoms with van der Waals surface area (Å²) in [6.07, 6.45) is -0.0762. The lowest BCUT2D eigenvalue weighted by Crippen LogP contribution is -2.44. The molecule has 2 atom stereocenters. The Labute approximate surface area is 116 Å². The number of amides is 2. The van der Waals surface area contributed by atoms with Crippen LogP contribution in [0.2, 0.25) is 0 Å². The van der Waals surface area contributed by atoms with Crippen LogP contribution in [0.5, 0.6) is 0 Å². The molecule has 8 nitrogen and oxygen atoms in total. The Morgan fingerprint density at radius 2 is 2.15 bits per heavy atom. The van der Waals surface area contributed by atoms with Gasteiger partial charge in [0, 0.05) is 26.4 Å². The monoisotopic (exact) mass is 286 g/mol. The molecule has 2 amide bonds. The number of nitrogens with zero attached hydrogens (tertiary/aromatic N) is 1. The number of carboxylic acids is 1. The number of nitrogens with one attached hydrogen (secondary N) is 1. The molecule has 112 valence electrons. The first kappa shape index (κ1) is 15.9. The molecule has 8 heteroatoms. The van der Waals surface area contributed by atoms with Crippen molar-refractivity contribution in [1.29, 1.82) is 0 Å². The summed E-state index contributed by atoms with van der Waals surface area (Å²) in [5.41, 5.74) is 0. The van der Waals surface area contributed by atoms with Crippen molar-refractivity contribution in [2.75, 3.05) is 20.7 Å².